The van der Waals surface area contributed by atoms with Crippen molar-refractivity contribution in [2.75, 3.05) is 12.8 Å². The highest BCUT2D eigenvalue weighted by Crippen LogP contribution is 2.27. The fraction of sp³-hybridized carbons (Fsp3) is 0.154. The zero-order valence-electron chi connectivity index (χ0n) is 10.2. The molecule has 4 nitrogen and oxygen atoms in total. The van der Waals surface area contributed by atoms with Crippen molar-refractivity contribution in [3.63, 3.8) is 0 Å². The largest absolute Gasteiger partial charge is 0.486 e. The number of rotatable bonds is 4. The van der Waals surface area contributed by atoms with E-state index >= 15 is 0 Å². The van der Waals surface area contributed by atoms with E-state index in [2.05, 4.69) is 4.74 Å². The molecule has 0 unspecified atom stereocenters. The number of esters is 1. The van der Waals surface area contributed by atoms with Crippen LogP contribution in [0.3, 0.4) is 0 Å². The number of hydrogen-bond acceptors (Lipinski definition) is 5. The predicted molar refractivity (Wildman–Crippen MR) is 75.9 cm³/mol. The molecule has 2 N–H and O–H groups in total. The summed E-state index contributed by atoms with van der Waals surface area (Å²) in [7, 11) is 1.33. The molecule has 0 atom stereocenters. The Bertz CT molecular complexity index is 597. The average Bonchev–Trinajstić information content (AvgIpc) is 2.82. The van der Waals surface area contributed by atoms with Crippen molar-refractivity contribution in [1.29, 1.82) is 0 Å². The summed E-state index contributed by atoms with van der Waals surface area (Å²) in [4.78, 5) is 12.4. The minimum absolute atomic E-state index is 0.353. The summed E-state index contributed by atoms with van der Waals surface area (Å²) in [6.07, 6.45) is 0. The Kier molecular flexibility index (Phi) is 4.29. The quantitative estimate of drug-likeness (QED) is 0.694. The summed E-state index contributed by atoms with van der Waals surface area (Å²) < 4.78 is 10.9. The van der Waals surface area contributed by atoms with Gasteiger partial charge in [-0.2, -0.15) is 0 Å². The van der Waals surface area contributed by atoms with Crippen molar-refractivity contribution in [1.82, 2.24) is 0 Å². The first kappa shape index (κ1) is 13.7. The molecular weight excluding hydrogens is 286 g/mol. The van der Waals surface area contributed by atoms with Crippen molar-refractivity contribution in [2.24, 2.45) is 0 Å². The number of nitrogens with two attached hydrogens (primary N) is 1. The zero-order valence-corrected chi connectivity index (χ0v) is 11.8. The maximum Gasteiger partial charge on any atom is 0.337 e. The first-order chi connectivity index (χ1) is 9.10. The lowest BCUT2D eigenvalue weighted by Gasteiger charge is -2.09. The number of methoxy groups -OCH3 is 1. The van der Waals surface area contributed by atoms with Crippen molar-refractivity contribution in [3.8, 4) is 5.75 Å². The number of hydrogen-bond donors (Lipinski definition) is 1. The van der Waals surface area contributed by atoms with Crippen LogP contribution in [0.2, 0.25) is 4.34 Å². The van der Waals surface area contributed by atoms with Crippen molar-refractivity contribution in [2.45, 2.75) is 6.61 Å². The van der Waals surface area contributed by atoms with Crippen LogP contribution in [0.25, 0.3) is 0 Å². The van der Waals surface area contributed by atoms with Crippen LogP contribution in [-0.4, -0.2) is 13.1 Å². The second kappa shape index (κ2) is 5.95. The monoisotopic (exact) mass is 297 g/mol. The first-order valence-electron chi connectivity index (χ1n) is 5.45. The van der Waals surface area contributed by atoms with Crippen LogP contribution in [0.5, 0.6) is 5.75 Å². The number of nitrogen functional groups attached to an aromatic ring is 1. The Morgan fingerprint density at radius 3 is 2.79 bits per heavy atom. The van der Waals surface area contributed by atoms with Gasteiger partial charge in [0.05, 0.1) is 22.7 Å². The van der Waals surface area contributed by atoms with Gasteiger partial charge in [0.1, 0.15) is 12.4 Å². The van der Waals surface area contributed by atoms with Crippen LogP contribution in [0, 0.1) is 0 Å². The molecule has 0 saturated heterocycles. The SMILES string of the molecule is COC(=O)c1ccc(N)c(OCc2ccc(Cl)s2)c1. The molecule has 2 aromatic rings. The second-order valence-corrected chi connectivity index (χ2v) is 5.54. The Hall–Kier alpha value is -1.72. The van der Waals surface area contributed by atoms with Crippen LogP contribution in [0.4, 0.5) is 5.69 Å². The second-order valence-electron chi connectivity index (χ2n) is 3.74. The number of carbonyl (C=O) groups is 1. The molecule has 0 bridgehead atoms. The first-order valence-corrected chi connectivity index (χ1v) is 6.64. The summed E-state index contributed by atoms with van der Waals surface area (Å²) in [5.41, 5.74) is 6.67. The van der Waals surface area contributed by atoms with E-state index in [0.717, 1.165) is 4.88 Å². The van der Waals surface area contributed by atoms with Gasteiger partial charge < -0.3 is 15.2 Å². The van der Waals surface area contributed by atoms with Crippen molar-refractivity contribution >= 4 is 34.6 Å². The molecule has 0 saturated carbocycles. The molecule has 19 heavy (non-hydrogen) atoms. The van der Waals surface area contributed by atoms with Crippen LogP contribution in [-0.2, 0) is 11.3 Å². The van der Waals surface area contributed by atoms with E-state index < -0.39 is 5.97 Å². The molecule has 0 aliphatic carbocycles. The number of anilines is 1. The van der Waals surface area contributed by atoms with E-state index in [4.69, 9.17) is 22.1 Å². The Morgan fingerprint density at radius 2 is 2.16 bits per heavy atom. The van der Waals surface area contributed by atoms with Crippen LogP contribution >= 0.6 is 22.9 Å². The molecule has 0 spiro atoms. The molecule has 0 radical (unpaired) electrons. The fourth-order valence-electron chi connectivity index (χ4n) is 1.48. The number of halogens is 1. The highest BCUT2D eigenvalue weighted by atomic mass is 35.5. The van der Waals surface area contributed by atoms with Crippen molar-refractivity contribution < 1.29 is 14.3 Å². The third-order valence-electron chi connectivity index (χ3n) is 2.43. The molecule has 6 heteroatoms. The van der Waals surface area contributed by atoms with E-state index in [1.807, 2.05) is 6.07 Å². The lowest BCUT2D eigenvalue weighted by atomic mass is 10.2. The molecular formula is C13H12ClNO3S. The molecule has 1 aromatic carbocycles. The maximum atomic E-state index is 11.4. The van der Waals surface area contributed by atoms with Gasteiger partial charge in [-0.15, -0.1) is 11.3 Å². The summed E-state index contributed by atoms with van der Waals surface area (Å²) >= 11 is 7.27. The predicted octanol–water partition coefficient (Wildman–Crippen LogP) is 3.35. The zero-order chi connectivity index (χ0) is 13.8. The number of benzene rings is 1. The van der Waals surface area contributed by atoms with Crippen LogP contribution < -0.4 is 10.5 Å². The molecule has 2 rings (SSSR count). The number of ether oxygens (including phenoxy) is 2. The maximum absolute atomic E-state index is 11.4. The molecule has 1 aromatic heterocycles. The van der Waals surface area contributed by atoms with E-state index in [1.165, 1.54) is 18.4 Å². The molecule has 0 aliphatic rings. The highest BCUT2D eigenvalue weighted by molar-refractivity contribution is 7.16. The minimum atomic E-state index is -0.427. The van der Waals surface area contributed by atoms with Gasteiger partial charge >= 0.3 is 5.97 Å². The van der Waals surface area contributed by atoms with Crippen molar-refractivity contribution in [3.05, 3.63) is 45.1 Å². The Morgan fingerprint density at radius 1 is 1.37 bits per heavy atom. The van der Waals surface area contributed by atoms with Gasteiger partial charge in [-0.3, -0.25) is 0 Å². The van der Waals surface area contributed by atoms with Gasteiger partial charge in [-0.05, 0) is 30.3 Å². The normalized spacial score (nSPS) is 10.2. The van der Waals surface area contributed by atoms with Gasteiger partial charge in [0, 0.05) is 4.88 Å². The van der Waals surface area contributed by atoms with Gasteiger partial charge in [0.15, 0.2) is 0 Å². The molecule has 100 valence electrons. The van der Waals surface area contributed by atoms with E-state index in [9.17, 15) is 4.79 Å². The van der Waals surface area contributed by atoms with Gasteiger partial charge in [-0.1, -0.05) is 11.6 Å². The van der Waals surface area contributed by atoms with Crippen LogP contribution in [0.1, 0.15) is 15.2 Å². The third kappa shape index (κ3) is 3.39. The number of thiophene rings is 1. The standard InChI is InChI=1S/C13H12ClNO3S/c1-17-13(16)8-2-4-10(15)11(6-8)18-7-9-3-5-12(14)19-9/h2-6H,7,15H2,1H3. The highest BCUT2D eigenvalue weighted by Gasteiger charge is 2.10. The Labute approximate surface area is 119 Å². The number of carbonyl (C=O) groups excluding carboxylic acids is 1. The molecule has 0 aliphatic heterocycles. The molecule has 0 amide bonds. The minimum Gasteiger partial charge on any atom is -0.486 e. The summed E-state index contributed by atoms with van der Waals surface area (Å²) in [5.74, 6) is 0.0245. The van der Waals surface area contributed by atoms with Gasteiger partial charge in [-0.25, -0.2) is 4.79 Å². The summed E-state index contributed by atoms with van der Waals surface area (Å²) in [6, 6.07) is 8.46. The fourth-order valence-corrected chi connectivity index (χ4v) is 2.48. The topological polar surface area (TPSA) is 61.5 Å². The average molecular weight is 298 g/mol. The third-order valence-corrected chi connectivity index (χ3v) is 3.64. The smallest absolute Gasteiger partial charge is 0.337 e. The summed E-state index contributed by atoms with van der Waals surface area (Å²) in [5, 5.41) is 0. The van der Waals surface area contributed by atoms with E-state index in [-0.39, 0.29) is 0 Å². The lowest BCUT2D eigenvalue weighted by Crippen LogP contribution is -2.04. The Balaban J connectivity index is 2.12. The molecule has 0 fully saturated rings. The van der Waals surface area contributed by atoms with E-state index in [0.29, 0.717) is 27.9 Å². The summed E-state index contributed by atoms with van der Waals surface area (Å²) in [6.45, 7) is 0.353. The lowest BCUT2D eigenvalue weighted by molar-refractivity contribution is 0.0600. The van der Waals surface area contributed by atoms with Gasteiger partial charge in [0.25, 0.3) is 0 Å². The molecule has 1 heterocycles. The van der Waals surface area contributed by atoms with E-state index in [1.54, 1.807) is 24.3 Å². The van der Waals surface area contributed by atoms with Gasteiger partial charge in [0.2, 0.25) is 0 Å². The van der Waals surface area contributed by atoms with Crippen LogP contribution in [0.15, 0.2) is 30.3 Å².